The van der Waals surface area contributed by atoms with E-state index in [1.807, 2.05) is 24.3 Å². The molecule has 2 aromatic carbocycles. The van der Waals surface area contributed by atoms with Crippen LogP contribution >= 0.6 is 58.5 Å². The number of hydrogen-bond acceptors (Lipinski definition) is 4. The lowest BCUT2D eigenvalue weighted by Crippen LogP contribution is -2.12. The van der Waals surface area contributed by atoms with Crippen LogP contribution in [-0.2, 0) is 19.7 Å². The Morgan fingerprint density at radius 2 is 1.82 bits per heavy atom. The Labute approximate surface area is 189 Å². The molecule has 0 aliphatic carbocycles. The Morgan fingerprint density at radius 1 is 1.00 bits per heavy atom. The molecule has 0 amide bonds. The van der Waals surface area contributed by atoms with Gasteiger partial charge in [0.2, 0.25) is 0 Å². The van der Waals surface area contributed by atoms with Gasteiger partial charge < -0.3 is 14.8 Å². The van der Waals surface area contributed by atoms with Crippen molar-refractivity contribution < 1.29 is 9.47 Å². The van der Waals surface area contributed by atoms with Crippen LogP contribution in [0.2, 0.25) is 15.1 Å². The highest BCUT2D eigenvalue weighted by Gasteiger charge is 2.13. The van der Waals surface area contributed by atoms with Gasteiger partial charge in [0.1, 0.15) is 6.61 Å². The fourth-order valence-corrected chi connectivity index (χ4v) is 3.97. The zero-order valence-corrected chi connectivity index (χ0v) is 18.9. The van der Waals surface area contributed by atoms with Gasteiger partial charge in [-0.25, -0.2) is 0 Å². The first-order valence-corrected chi connectivity index (χ1v) is 10.2. The molecule has 0 bridgehead atoms. The molecule has 1 N–H and O–H groups in total. The maximum atomic E-state index is 6.44. The zero-order valence-electron chi connectivity index (χ0n) is 15.0. The molecule has 0 saturated carbocycles. The number of nitrogens with one attached hydrogen (secondary N) is 1. The molecule has 3 rings (SSSR count). The molecular weight excluding hydrogens is 460 g/mol. The number of thiophene rings is 1. The summed E-state index contributed by atoms with van der Waals surface area (Å²) in [5.41, 5.74) is 1.84. The van der Waals surface area contributed by atoms with E-state index in [1.165, 1.54) is 4.88 Å². The predicted molar refractivity (Wildman–Crippen MR) is 121 cm³/mol. The van der Waals surface area contributed by atoms with Crippen LogP contribution in [0.3, 0.4) is 0 Å². The zero-order chi connectivity index (χ0) is 19.2. The normalized spacial score (nSPS) is 10.4. The number of ether oxygens (including phenoxy) is 2. The first kappa shape index (κ1) is 23.1. The second kappa shape index (κ2) is 11.1. The van der Waals surface area contributed by atoms with Crippen molar-refractivity contribution in [2.75, 3.05) is 7.11 Å². The smallest absolute Gasteiger partial charge is 0.180 e. The van der Waals surface area contributed by atoms with E-state index in [2.05, 4.69) is 16.8 Å². The summed E-state index contributed by atoms with van der Waals surface area (Å²) in [5, 5.41) is 7.09. The van der Waals surface area contributed by atoms with E-state index in [0.29, 0.717) is 33.1 Å². The summed E-state index contributed by atoms with van der Waals surface area (Å²) in [7, 11) is 1.59. The molecular formula is C20H19Cl4NO2S. The van der Waals surface area contributed by atoms with Crippen molar-refractivity contribution in [2.24, 2.45) is 0 Å². The largest absolute Gasteiger partial charge is 0.493 e. The second-order valence-corrected chi connectivity index (χ2v) is 8.10. The molecule has 3 nitrogen and oxygen atoms in total. The fraction of sp³-hybridized carbons (Fsp3) is 0.200. The summed E-state index contributed by atoms with van der Waals surface area (Å²) < 4.78 is 11.3. The fourth-order valence-electron chi connectivity index (χ4n) is 2.55. The van der Waals surface area contributed by atoms with Gasteiger partial charge in [-0.05, 0) is 41.3 Å². The number of halogens is 4. The number of benzene rings is 2. The summed E-state index contributed by atoms with van der Waals surface area (Å²) in [5.74, 6) is 1.08. The van der Waals surface area contributed by atoms with Crippen LogP contribution in [0.5, 0.6) is 11.5 Å². The maximum absolute atomic E-state index is 6.44. The lowest BCUT2D eigenvalue weighted by atomic mass is 10.2. The van der Waals surface area contributed by atoms with E-state index in [9.17, 15) is 0 Å². The van der Waals surface area contributed by atoms with Crippen LogP contribution < -0.4 is 14.8 Å². The molecule has 0 unspecified atom stereocenters. The average molecular weight is 479 g/mol. The Bertz CT molecular complexity index is 903. The third kappa shape index (κ3) is 6.18. The first-order valence-electron chi connectivity index (χ1n) is 8.23. The molecule has 0 saturated heterocycles. The van der Waals surface area contributed by atoms with E-state index in [-0.39, 0.29) is 19.0 Å². The van der Waals surface area contributed by atoms with Gasteiger partial charge in [-0.1, -0.05) is 46.9 Å². The molecule has 0 aliphatic heterocycles. The van der Waals surface area contributed by atoms with Crippen LogP contribution in [0.1, 0.15) is 16.0 Å². The van der Waals surface area contributed by atoms with Gasteiger partial charge in [0, 0.05) is 33.6 Å². The van der Waals surface area contributed by atoms with Crippen LogP contribution in [-0.4, -0.2) is 7.11 Å². The van der Waals surface area contributed by atoms with Crippen molar-refractivity contribution in [3.05, 3.63) is 78.9 Å². The molecule has 0 spiro atoms. The highest BCUT2D eigenvalue weighted by atomic mass is 35.5. The van der Waals surface area contributed by atoms with Crippen molar-refractivity contribution in [1.29, 1.82) is 0 Å². The van der Waals surface area contributed by atoms with Crippen LogP contribution in [0.4, 0.5) is 0 Å². The number of rotatable bonds is 8. The predicted octanol–water partition coefficient (Wildman–Crippen LogP) is 7.01. The standard InChI is InChI=1S/C20H18Cl3NO2S.ClH/c1-25-19-8-13(10-24-11-16-3-2-6-27-16)7-18(23)20(19)26-12-14-4-5-15(21)9-17(14)22;/h2-9,24H,10-12H2,1H3;1H. The Morgan fingerprint density at radius 3 is 2.50 bits per heavy atom. The van der Waals surface area contributed by atoms with Gasteiger partial charge in [0.25, 0.3) is 0 Å². The molecule has 0 atom stereocenters. The van der Waals surface area contributed by atoms with Gasteiger partial charge in [-0.15, -0.1) is 23.7 Å². The highest BCUT2D eigenvalue weighted by Crippen LogP contribution is 2.37. The quantitative estimate of drug-likeness (QED) is 0.377. The lowest BCUT2D eigenvalue weighted by Gasteiger charge is -2.15. The third-order valence-electron chi connectivity index (χ3n) is 3.88. The van der Waals surface area contributed by atoms with Crippen molar-refractivity contribution >= 4 is 58.5 Å². The summed E-state index contributed by atoms with van der Waals surface area (Å²) in [6, 6.07) is 13.2. The molecule has 28 heavy (non-hydrogen) atoms. The van der Waals surface area contributed by atoms with Gasteiger partial charge in [0.15, 0.2) is 11.5 Å². The Kier molecular flexibility index (Phi) is 9.22. The molecule has 3 aromatic rings. The molecule has 1 aromatic heterocycles. The highest BCUT2D eigenvalue weighted by molar-refractivity contribution is 7.09. The topological polar surface area (TPSA) is 30.5 Å². The van der Waals surface area contributed by atoms with E-state index in [1.54, 1.807) is 30.6 Å². The minimum Gasteiger partial charge on any atom is -0.493 e. The van der Waals surface area contributed by atoms with Crippen molar-refractivity contribution in [2.45, 2.75) is 19.7 Å². The van der Waals surface area contributed by atoms with Crippen molar-refractivity contribution in [1.82, 2.24) is 5.32 Å². The van der Waals surface area contributed by atoms with Gasteiger partial charge in [-0.2, -0.15) is 0 Å². The van der Waals surface area contributed by atoms with Gasteiger partial charge in [0.05, 0.1) is 12.1 Å². The van der Waals surface area contributed by atoms with E-state index in [0.717, 1.165) is 17.7 Å². The Hall–Kier alpha value is -1.14. The van der Waals surface area contributed by atoms with Crippen molar-refractivity contribution in [3.63, 3.8) is 0 Å². The molecule has 0 aliphatic rings. The van der Waals surface area contributed by atoms with E-state index >= 15 is 0 Å². The number of hydrogen-bond donors (Lipinski definition) is 1. The summed E-state index contributed by atoms with van der Waals surface area (Å²) >= 11 is 20.3. The molecule has 1 heterocycles. The van der Waals surface area contributed by atoms with E-state index in [4.69, 9.17) is 44.3 Å². The van der Waals surface area contributed by atoms with Crippen LogP contribution in [0.15, 0.2) is 47.8 Å². The maximum Gasteiger partial charge on any atom is 0.180 e. The third-order valence-corrected chi connectivity index (χ3v) is 5.63. The molecule has 0 radical (unpaired) electrons. The van der Waals surface area contributed by atoms with Gasteiger partial charge >= 0.3 is 0 Å². The molecule has 0 fully saturated rings. The number of methoxy groups -OCH3 is 1. The summed E-state index contributed by atoms with van der Waals surface area (Å²) in [4.78, 5) is 1.29. The van der Waals surface area contributed by atoms with Crippen LogP contribution in [0, 0.1) is 0 Å². The lowest BCUT2D eigenvalue weighted by molar-refractivity contribution is 0.284. The second-order valence-electron chi connectivity index (χ2n) is 5.82. The average Bonchev–Trinajstić information content (AvgIpc) is 3.15. The summed E-state index contributed by atoms with van der Waals surface area (Å²) in [6.07, 6.45) is 0. The molecule has 150 valence electrons. The van der Waals surface area contributed by atoms with E-state index < -0.39 is 0 Å². The first-order chi connectivity index (χ1) is 13.1. The van der Waals surface area contributed by atoms with Crippen molar-refractivity contribution in [3.8, 4) is 11.5 Å². The molecule has 8 heteroatoms. The Balaban J connectivity index is 0.00000280. The monoisotopic (exact) mass is 477 g/mol. The summed E-state index contributed by atoms with van der Waals surface area (Å²) in [6.45, 7) is 1.75. The SMILES string of the molecule is COc1cc(CNCc2cccs2)cc(Cl)c1OCc1ccc(Cl)cc1Cl.Cl. The minimum absolute atomic E-state index is 0. The minimum atomic E-state index is 0. The van der Waals surface area contributed by atoms with Gasteiger partial charge in [-0.3, -0.25) is 0 Å². The van der Waals surface area contributed by atoms with Crippen LogP contribution in [0.25, 0.3) is 0 Å².